The molecule has 42 heavy (non-hydrogen) atoms. The fourth-order valence-corrected chi connectivity index (χ4v) is 11.6. The quantitative estimate of drug-likeness (QED) is 0.339. The molecule has 0 aromatic carbocycles. The van der Waals surface area contributed by atoms with Crippen molar-refractivity contribution < 1.29 is 0 Å². The lowest BCUT2D eigenvalue weighted by atomic mass is 9.61. The molecule has 3 aliphatic rings. The van der Waals surface area contributed by atoms with E-state index < -0.39 is 5.69 Å². The van der Waals surface area contributed by atoms with Gasteiger partial charge in [0, 0.05) is 19.1 Å². The van der Waals surface area contributed by atoms with Crippen molar-refractivity contribution in [3.8, 4) is 0 Å². The summed E-state index contributed by atoms with van der Waals surface area (Å²) in [5.41, 5.74) is -1.18. The van der Waals surface area contributed by atoms with E-state index in [2.05, 4.69) is 83.1 Å². The Morgan fingerprint density at radius 3 is 1.31 bits per heavy atom. The van der Waals surface area contributed by atoms with Crippen LogP contribution in [-0.4, -0.2) is 13.7 Å². The van der Waals surface area contributed by atoms with Gasteiger partial charge in [0.25, 0.3) is 0 Å². The zero-order chi connectivity index (χ0) is 31.7. The third-order valence-corrected chi connectivity index (χ3v) is 11.4. The summed E-state index contributed by atoms with van der Waals surface area (Å²) in [6, 6.07) is -0.208. The molecule has 0 aliphatic heterocycles. The SMILES string of the molecule is CCC1(C)CC(n2c(=O)n(CC3(C)CC(C)CC(C)(C)C3)c(=O)n(CC3(C)CC(C)CC(C)(C)C3)c2=O)CC(C)(C)C1. The number of rotatable bonds is 6. The van der Waals surface area contributed by atoms with Gasteiger partial charge >= 0.3 is 17.1 Å². The lowest BCUT2D eigenvalue weighted by molar-refractivity contribution is 0.0314. The highest BCUT2D eigenvalue weighted by atomic mass is 16.2. The molecule has 3 fully saturated rings. The first kappa shape index (κ1) is 33.3. The summed E-state index contributed by atoms with van der Waals surface area (Å²) in [5, 5.41) is 0. The van der Waals surface area contributed by atoms with Gasteiger partial charge in [0.15, 0.2) is 0 Å². The Morgan fingerprint density at radius 2 is 0.929 bits per heavy atom. The van der Waals surface area contributed by atoms with Crippen LogP contribution >= 0.6 is 0 Å². The lowest BCUT2D eigenvalue weighted by Gasteiger charge is -2.48. The predicted octanol–water partition coefficient (Wildman–Crippen LogP) is 8.04. The van der Waals surface area contributed by atoms with Gasteiger partial charge in [-0.25, -0.2) is 28.1 Å². The Kier molecular flexibility index (Phi) is 8.56. The number of aromatic nitrogens is 3. The highest BCUT2D eigenvalue weighted by molar-refractivity contribution is 4.98. The molecule has 4 rings (SSSR count). The van der Waals surface area contributed by atoms with Gasteiger partial charge in [-0.2, -0.15) is 0 Å². The molecule has 6 atom stereocenters. The molecule has 3 aliphatic carbocycles. The van der Waals surface area contributed by atoms with Gasteiger partial charge in [0.05, 0.1) is 0 Å². The fraction of sp³-hybridized carbons (Fsp3) is 0.917. The van der Waals surface area contributed by atoms with Crippen molar-refractivity contribution in [3.05, 3.63) is 31.5 Å². The van der Waals surface area contributed by atoms with Crippen LogP contribution in [0.15, 0.2) is 14.4 Å². The Morgan fingerprint density at radius 1 is 0.548 bits per heavy atom. The van der Waals surface area contributed by atoms with E-state index in [0.29, 0.717) is 24.9 Å². The molecule has 0 amide bonds. The molecule has 1 aromatic rings. The van der Waals surface area contributed by atoms with E-state index in [0.717, 1.165) is 64.2 Å². The van der Waals surface area contributed by atoms with Crippen LogP contribution in [0.4, 0.5) is 0 Å². The second kappa shape index (κ2) is 10.8. The van der Waals surface area contributed by atoms with Crippen LogP contribution in [0.25, 0.3) is 0 Å². The molecular weight excluding hydrogens is 522 g/mol. The molecule has 0 spiro atoms. The first-order chi connectivity index (χ1) is 19.0. The van der Waals surface area contributed by atoms with Crippen LogP contribution in [0.1, 0.15) is 153 Å². The minimum Gasteiger partial charge on any atom is -0.247 e. The smallest absolute Gasteiger partial charge is 0.247 e. The molecule has 240 valence electrons. The van der Waals surface area contributed by atoms with E-state index in [9.17, 15) is 14.4 Å². The van der Waals surface area contributed by atoms with Crippen molar-refractivity contribution in [3.63, 3.8) is 0 Å². The fourth-order valence-electron chi connectivity index (χ4n) is 11.6. The van der Waals surface area contributed by atoms with Crippen molar-refractivity contribution >= 4 is 0 Å². The molecule has 0 radical (unpaired) electrons. The van der Waals surface area contributed by atoms with Gasteiger partial charge in [-0.1, -0.05) is 89.5 Å². The summed E-state index contributed by atoms with van der Waals surface area (Å²) in [6.45, 7) is 28.1. The van der Waals surface area contributed by atoms with Crippen LogP contribution in [0.3, 0.4) is 0 Å². The Bertz CT molecular complexity index is 1270. The largest absolute Gasteiger partial charge is 0.336 e. The minimum absolute atomic E-state index is 0.00889. The third kappa shape index (κ3) is 7.04. The molecule has 0 N–H and O–H groups in total. The molecule has 1 heterocycles. The average molecular weight is 586 g/mol. The third-order valence-electron chi connectivity index (χ3n) is 11.4. The lowest BCUT2D eigenvalue weighted by Crippen LogP contribution is -2.59. The van der Waals surface area contributed by atoms with Gasteiger partial charge in [0.2, 0.25) is 0 Å². The standard InChI is InChI=1S/C36H63N3O3/c1-13-34(10)19-27(18-33(8,9)20-34)39-29(41)37(23-35(11)16-25(2)14-31(4,5)21-35)28(40)38(30(39)42)24-36(12)17-26(3)15-32(6,7)22-36/h25-27H,13-24H2,1-12H3. The summed E-state index contributed by atoms with van der Waals surface area (Å²) in [5.74, 6) is 1.05. The zero-order valence-electron chi connectivity index (χ0n) is 29.3. The van der Waals surface area contributed by atoms with Crippen molar-refractivity contribution in [2.75, 3.05) is 0 Å². The normalized spacial score (nSPS) is 37.9. The number of hydrogen-bond donors (Lipinski definition) is 0. The molecule has 6 nitrogen and oxygen atoms in total. The van der Waals surface area contributed by atoms with E-state index >= 15 is 0 Å². The summed E-state index contributed by atoms with van der Waals surface area (Å²) >= 11 is 0. The molecule has 1 aromatic heterocycles. The molecule has 0 bridgehead atoms. The van der Waals surface area contributed by atoms with Gasteiger partial charge in [-0.05, 0) is 102 Å². The van der Waals surface area contributed by atoms with E-state index in [1.165, 1.54) is 13.7 Å². The van der Waals surface area contributed by atoms with E-state index in [1.54, 1.807) is 0 Å². The van der Waals surface area contributed by atoms with E-state index in [1.807, 2.05) is 0 Å². The number of hydrogen-bond acceptors (Lipinski definition) is 3. The van der Waals surface area contributed by atoms with Crippen molar-refractivity contribution in [2.24, 2.45) is 44.3 Å². The topological polar surface area (TPSA) is 66.0 Å². The second-order valence-electron chi connectivity index (χ2n) is 19.3. The van der Waals surface area contributed by atoms with Crippen molar-refractivity contribution in [1.29, 1.82) is 0 Å². The molecule has 3 saturated carbocycles. The van der Waals surface area contributed by atoms with Crippen LogP contribution in [0.5, 0.6) is 0 Å². The summed E-state index contributed by atoms with van der Waals surface area (Å²) < 4.78 is 4.51. The first-order valence-corrected chi connectivity index (χ1v) is 17.0. The molecular formula is C36H63N3O3. The highest BCUT2D eigenvalue weighted by Gasteiger charge is 2.45. The van der Waals surface area contributed by atoms with E-state index in [4.69, 9.17) is 0 Å². The van der Waals surface area contributed by atoms with Gasteiger partial charge in [0.1, 0.15) is 0 Å². The molecule has 6 heteroatoms. The molecule has 6 unspecified atom stereocenters. The Balaban J connectivity index is 1.90. The molecule has 0 saturated heterocycles. The second-order valence-corrected chi connectivity index (χ2v) is 19.3. The highest BCUT2D eigenvalue weighted by Crippen LogP contribution is 2.52. The van der Waals surface area contributed by atoms with Crippen LogP contribution < -0.4 is 17.1 Å². The minimum atomic E-state index is -0.399. The van der Waals surface area contributed by atoms with Crippen molar-refractivity contribution in [1.82, 2.24) is 13.7 Å². The monoisotopic (exact) mass is 585 g/mol. The summed E-state index contributed by atoms with van der Waals surface area (Å²) in [7, 11) is 0. The zero-order valence-corrected chi connectivity index (χ0v) is 29.3. The maximum atomic E-state index is 14.5. The van der Waals surface area contributed by atoms with Crippen LogP contribution in [0, 0.1) is 44.3 Å². The Labute approximate surface area is 255 Å². The van der Waals surface area contributed by atoms with Crippen LogP contribution in [0.2, 0.25) is 0 Å². The van der Waals surface area contributed by atoms with Gasteiger partial charge < -0.3 is 0 Å². The maximum absolute atomic E-state index is 14.5. The summed E-state index contributed by atoms with van der Waals surface area (Å²) in [6.07, 6.45) is 9.84. The Hall–Kier alpha value is -1.59. The summed E-state index contributed by atoms with van der Waals surface area (Å²) in [4.78, 5) is 43.3. The average Bonchev–Trinajstić information content (AvgIpc) is 2.75. The van der Waals surface area contributed by atoms with Gasteiger partial charge in [-0.3, -0.25) is 0 Å². The van der Waals surface area contributed by atoms with Crippen molar-refractivity contribution in [2.45, 2.75) is 166 Å². The predicted molar refractivity (Wildman–Crippen MR) is 174 cm³/mol. The maximum Gasteiger partial charge on any atom is 0.336 e. The number of nitrogens with zero attached hydrogens (tertiary/aromatic N) is 3. The van der Waals surface area contributed by atoms with E-state index in [-0.39, 0.29) is 49.9 Å². The van der Waals surface area contributed by atoms with Gasteiger partial charge in [-0.15, -0.1) is 0 Å². The van der Waals surface area contributed by atoms with Crippen LogP contribution in [-0.2, 0) is 13.1 Å². The first-order valence-electron chi connectivity index (χ1n) is 17.0.